The second-order valence-corrected chi connectivity index (χ2v) is 16.6. The second kappa shape index (κ2) is 23.2. The predicted octanol–water partition coefficient (Wildman–Crippen LogP) is 7.22. The number of aliphatic hydroxyl groups excluding tert-OH is 1. The molecule has 0 saturated carbocycles. The van der Waals surface area contributed by atoms with Crippen LogP contribution in [0.2, 0.25) is 0 Å². The molecule has 0 aliphatic carbocycles. The molecule has 9 heteroatoms. The lowest BCUT2D eigenvalue weighted by molar-refractivity contribution is -0.137. The topological polar surface area (TPSA) is 119 Å². The molecule has 4 aromatic rings. The van der Waals surface area contributed by atoms with Gasteiger partial charge in [-0.2, -0.15) is 0 Å². The molecular formula is C49H64N4O5. The lowest BCUT2D eigenvalue weighted by Gasteiger charge is -2.34. The highest BCUT2D eigenvalue weighted by Gasteiger charge is 2.35. The van der Waals surface area contributed by atoms with Gasteiger partial charge in [0.25, 0.3) is 0 Å². The average Bonchev–Trinajstić information content (AvgIpc) is 3.20. The van der Waals surface area contributed by atoms with E-state index >= 15 is 0 Å². The summed E-state index contributed by atoms with van der Waals surface area (Å²) in [6.45, 7) is 8.96. The van der Waals surface area contributed by atoms with Crippen LogP contribution in [0.1, 0.15) is 75.6 Å². The van der Waals surface area contributed by atoms with Gasteiger partial charge < -0.3 is 25.5 Å². The van der Waals surface area contributed by atoms with Gasteiger partial charge in [-0.25, -0.2) is 0 Å². The van der Waals surface area contributed by atoms with Gasteiger partial charge in [-0.15, -0.1) is 0 Å². The van der Waals surface area contributed by atoms with Gasteiger partial charge in [-0.1, -0.05) is 149 Å². The maximum Gasteiger partial charge on any atom is 0.223 e. The monoisotopic (exact) mass is 788 g/mol. The molecule has 4 amide bonds. The van der Waals surface area contributed by atoms with E-state index in [1.807, 2.05) is 149 Å². The van der Waals surface area contributed by atoms with Gasteiger partial charge in [0.2, 0.25) is 23.6 Å². The molecule has 4 rings (SSSR count). The fourth-order valence-electron chi connectivity index (χ4n) is 7.46. The Bertz CT molecular complexity index is 1700. The lowest BCUT2D eigenvalue weighted by atomic mass is 9.88. The van der Waals surface area contributed by atoms with Gasteiger partial charge in [0.15, 0.2) is 0 Å². The molecule has 0 saturated heterocycles. The molecule has 9 nitrogen and oxygen atoms in total. The molecule has 310 valence electrons. The maximum absolute atomic E-state index is 14.3. The number of amides is 4. The summed E-state index contributed by atoms with van der Waals surface area (Å²) >= 11 is 0. The zero-order valence-electron chi connectivity index (χ0n) is 35.2. The molecular weight excluding hydrogens is 725 g/mol. The summed E-state index contributed by atoms with van der Waals surface area (Å²) in [5, 5.41) is 18.7. The van der Waals surface area contributed by atoms with Crippen molar-refractivity contribution in [2.24, 2.45) is 23.7 Å². The van der Waals surface area contributed by atoms with E-state index in [-0.39, 0.29) is 48.3 Å². The van der Waals surface area contributed by atoms with Crippen molar-refractivity contribution < 1.29 is 24.3 Å². The highest BCUT2D eigenvalue weighted by atomic mass is 16.3. The summed E-state index contributed by atoms with van der Waals surface area (Å²) in [5.41, 5.74) is 3.81. The molecule has 0 aliphatic heterocycles. The van der Waals surface area contributed by atoms with Crippen LogP contribution in [0.5, 0.6) is 0 Å². The average molecular weight is 789 g/mol. The largest absolute Gasteiger partial charge is 0.389 e. The van der Waals surface area contributed by atoms with Gasteiger partial charge in [-0.05, 0) is 59.8 Å². The van der Waals surface area contributed by atoms with Crippen LogP contribution < -0.4 is 10.6 Å². The van der Waals surface area contributed by atoms with Gasteiger partial charge in [-0.3, -0.25) is 19.2 Å². The van der Waals surface area contributed by atoms with Crippen molar-refractivity contribution in [1.82, 2.24) is 20.4 Å². The molecule has 0 radical (unpaired) electrons. The third-order valence-electron chi connectivity index (χ3n) is 10.5. The number of rotatable bonds is 22. The summed E-state index contributed by atoms with van der Waals surface area (Å²) in [6.07, 6.45) is 0.384. The zero-order chi connectivity index (χ0) is 42.0. The minimum Gasteiger partial charge on any atom is -0.389 e. The Kier molecular flexibility index (Phi) is 18.2. The smallest absolute Gasteiger partial charge is 0.223 e. The quantitative estimate of drug-likeness (QED) is 0.0778. The van der Waals surface area contributed by atoms with E-state index < -0.39 is 30.0 Å². The Morgan fingerprint density at radius 3 is 1.09 bits per heavy atom. The summed E-state index contributed by atoms with van der Waals surface area (Å²) in [4.78, 5) is 59.1. The second-order valence-electron chi connectivity index (χ2n) is 16.6. The fourth-order valence-corrected chi connectivity index (χ4v) is 7.46. The standard InChI is InChI=1S/C49H64N4O5/c1-35(2)27-41(31-45(54)52(5)33-39-23-15-9-16-24-39)48(57)50-43(29-37-19-11-7-12-20-37)47(56)44(30-38-21-13-8-14-22-38)51-49(58)42(28-36(3)4)32-46(55)53(6)34-40-25-17-10-18-26-40/h7-26,35-36,41-44,47,56H,27-34H2,1-6H3,(H,50,57)(H,51,58). The van der Waals surface area contributed by atoms with E-state index in [4.69, 9.17) is 0 Å². The van der Waals surface area contributed by atoms with Crippen LogP contribution in [-0.4, -0.2) is 70.8 Å². The SMILES string of the molecule is CC(C)CC(CC(=O)N(C)Cc1ccccc1)C(=O)NC(Cc1ccccc1)C(O)C(Cc1ccccc1)NC(=O)C(CC(=O)N(C)Cc1ccccc1)CC(C)C. The Morgan fingerprint density at radius 2 is 0.793 bits per heavy atom. The molecule has 0 fully saturated rings. The lowest BCUT2D eigenvalue weighted by Crippen LogP contribution is -2.57. The summed E-state index contributed by atoms with van der Waals surface area (Å²) in [6, 6.07) is 37.1. The molecule has 0 aliphatic rings. The van der Waals surface area contributed by atoms with Crippen molar-refractivity contribution in [1.29, 1.82) is 0 Å². The van der Waals surface area contributed by atoms with Crippen molar-refractivity contribution in [2.75, 3.05) is 14.1 Å². The zero-order valence-corrected chi connectivity index (χ0v) is 35.2. The normalized spacial score (nSPS) is 13.9. The molecule has 0 bridgehead atoms. The first kappa shape index (κ1) is 45.4. The van der Waals surface area contributed by atoms with Crippen LogP contribution in [0.25, 0.3) is 0 Å². The Balaban J connectivity index is 1.59. The minimum absolute atomic E-state index is 0.0231. The van der Waals surface area contributed by atoms with Crippen LogP contribution in [0.3, 0.4) is 0 Å². The summed E-state index contributed by atoms with van der Waals surface area (Å²) in [5.74, 6) is -1.90. The highest BCUT2D eigenvalue weighted by molar-refractivity contribution is 5.87. The van der Waals surface area contributed by atoms with Crippen molar-refractivity contribution in [3.05, 3.63) is 144 Å². The number of carbonyl (C=O) groups is 4. The molecule has 0 aromatic heterocycles. The first-order valence-electron chi connectivity index (χ1n) is 20.7. The van der Waals surface area contributed by atoms with Crippen LogP contribution in [0.4, 0.5) is 0 Å². The number of nitrogens with zero attached hydrogens (tertiary/aromatic N) is 2. The van der Waals surface area contributed by atoms with Crippen molar-refractivity contribution in [2.45, 2.75) is 97.5 Å². The van der Waals surface area contributed by atoms with E-state index in [1.165, 1.54) is 0 Å². The number of benzene rings is 4. The third-order valence-corrected chi connectivity index (χ3v) is 10.5. The van der Waals surface area contributed by atoms with Gasteiger partial charge in [0.05, 0.1) is 18.2 Å². The first-order valence-corrected chi connectivity index (χ1v) is 20.7. The third kappa shape index (κ3) is 15.2. The van der Waals surface area contributed by atoms with Gasteiger partial charge in [0, 0.05) is 51.9 Å². The van der Waals surface area contributed by atoms with Gasteiger partial charge >= 0.3 is 0 Å². The number of carbonyl (C=O) groups excluding carboxylic acids is 4. The molecule has 0 heterocycles. The number of hydrogen-bond donors (Lipinski definition) is 3. The molecule has 0 spiro atoms. The molecule has 4 unspecified atom stereocenters. The van der Waals surface area contributed by atoms with Crippen LogP contribution >= 0.6 is 0 Å². The van der Waals surface area contributed by atoms with E-state index in [0.717, 1.165) is 22.3 Å². The van der Waals surface area contributed by atoms with Crippen LogP contribution in [0, 0.1) is 23.7 Å². The summed E-state index contributed by atoms with van der Waals surface area (Å²) < 4.78 is 0. The Morgan fingerprint density at radius 1 is 0.500 bits per heavy atom. The van der Waals surface area contributed by atoms with E-state index in [0.29, 0.717) is 38.8 Å². The van der Waals surface area contributed by atoms with E-state index in [1.54, 1.807) is 23.9 Å². The van der Waals surface area contributed by atoms with Crippen molar-refractivity contribution in [3.63, 3.8) is 0 Å². The molecule has 4 aromatic carbocycles. The highest BCUT2D eigenvalue weighted by Crippen LogP contribution is 2.22. The minimum atomic E-state index is -1.22. The van der Waals surface area contributed by atoms with Crippen LogP contribution in [0.15, 0.2) is 121 Å². The molecule has 3 N–H and O–H groups in total. The maximum atomic E-state index is 14.3. The number of hydrogen-bond acceptors (Lipinski definition) is 5. The predicted molar refractivity (Wildman–Crippen MR) is 231 cm³/mol. The number of aliphatic hydroxyl groups is 1. The van der Waals surface area contributed by atoms with Crippen molar-refractivity contribution >= 4 is 23.6 Å². The Hall–Kier alpha value is -5.28. The van der Waals surface area contributed by atoms with Gasteiger partial charge in [0.1, 0.15) is 0 Å². The van der Waals surface area contributed by atoms with Crippen LogP contribution in [-0.2, 0) is 45.1 Å². The molecule has 58 heavy (non-hydrogen) atoms. The van der Waals surface area contributed by atoms with E-state index in [9.17, 15) is 24.3 Å². The Labute approximate surface area is 346 Å². The van der Waals surface area contributed by atoms with E-state index in [2.05, 4.69) is 10.6 Å². The summed E-state index contributed by atoms with van der Waals surface area (Å²) in [7, 11) is 3.50. The first-order chi connectivity index (χ1) is 27.8. The number of nitrogens with one attached hydrogen (secondary N) is 2. The fraction of sp³-hybridized carbons (Fsp3) is 0.429. The molecule has 4 atom stereocenters. The van der Waals surface area contributed by atoms with Crippen molar-refractivity contribution in [3.8, 4) is 0 Å².